The van der Waals surface area contributed by atoms with Gasteiger partial charge >= 0.3 is 5.97 Å². The van der Waals surface area contributed by atoms with Crippen LogP contribution in [-0.4, -0.2) is 16.3 Å². The van der Waals surface area contributed by atoms with Gasteiger partial charge in [0.1, 0.15) is 0 Å². The summed E-state index contributed by atoms with van der Waals surface area (Å²) in [6.45, 7) is 2.26. The summed E-state index contributed by atoms with van der Waals surface area (Å²) >= 11 is 4.59. The monoisotopic (exact) mass is 302 g/mol. The Bertz CT molecular complexity index is 219. The van der Waals surface area contributed by atoms with Crippen molar-refractivity contribution >= 4 is 18.6 Å². The standard InChI is InChI=1S/C17H34O2S/c1-2-3-4-5-6-7-8-9-10-13-16(20)14-11-12-15-17(18)19/h16,20H,2-15H2,1H3,(H,18,19). The average molecular weight is 303 g/mol. The molecule has 0 bridgehead atoms. The van der Waals surface area contributed by atoms with Crippen LogP contribution >= 0.6 is 12.6 Å². The van der Waals surface area contributed by atoms with E-state index in [0.29, 0.717) is 11.7 Å². The molecule has 1 atom stereocenters. The summed E-state index contributed by atoms with van der Waals surface area (Å²) in [5, 5.41) is 9.02. The lowest BCUT2D eigenvalue weighted by Gasteiger charge is -2.09. The maximum absolute atomic E-state index is 10.4. The molecule has 0 rings (SSSR count). The van der Waals surface area contributed by atoms with Gasteiger partial charge in [0, 0.05) is 11.7 Å². The fourth-order valence-corrected chi connectivity index (χ4v) is 2.86. The second-order valence-corrected chi connectivity index (χ2v) is 6.64. The number of unbranched alkanes of at least 4 members (excludes halogenated alkanes) is 9. The first-order chi connectivity index (χ1) is 9.66. The van der Waals surface area contributed by atoms with Crippen LogP contribution in [0.2, 0.25) is 0 Å². The van der Waals surface area contributed by atoms with E-state index >= 15 is 0 Å². The second kappa shape index (κ2) is 15.2. The van der Waals surface area contributed by atoms with Crippen molar-refractivity contribution in [1.82, 2.24) is 0 Å². The van der Waals surface area contributed by atoms with Gasteiger partial charge in [0.15, 0.2) is 0 Å². The Morgan fingerprint density at radius 2 is 1.30 bits per heavy atom. The van der Waals surface area contributed by atoms with Crippen molar-refractivity contribution in [2.45, 2.75) is 102 Å². The minimum absolute atomic E-state index is 0.304. The third-order valence-corrected chi connectivity index (χ3v) is 4.34. The largest absolute Gasteiger partial charge is 0.481 e. The van der Waals surface area contributed by atoms with Crippen LogP contribution < -0.4 is 0 Å². The van der Waals surface area contributed by atoms with Crippen LogP contribution in [0.1, 0.15) is 96.8 Å². The maximum Gasteiger partial charge on any atom is 0.303 e. The Morgan fingerprint density at radius 3 is 1.80 bits per heavy atom. The van der Waals surface area contributed by atoms with Crippen LogP contribution in [0.25, 0.3) is 0 Å². The number of thiol groups is 1. The molecule has 0 aliphatic rings. The molecule has 0 fully saturated rings. The summed E-state index contributed by atoms with van der Waals surface area (Å²) in [6.07, 6.45) is 16.7. The van der Waals surface area contributed by atoms with Crippen molar-refractivity contribution in [3.63, 3.8) is 0 Å². The first-order valence-corrected chi connectivity index (χ1v) is 9.08. The normalized spacial score (nSPS) is 12.5. The third-order valence-electron chi connectivity index (χ3n) is 3.82. The van der Waals surface area contributed by atoms with Gasteiger partial charge in [0.2, 0.25) is 0 Å². The molecule has 1 unspecified atom stereocenters. The van der Waals surface area contributed by atoms with Gasteiger partial charge in [-0.2, -0.15) is 12.6 Å². The molecular formula is C17H34O2S. The molecule has 20 heavy (non-hydrogen) atoms. The zero-order valence-electron chi connectivity index (χ0n) is 13.3. The molecule has 120 valence electrons. The SMILES string of the molecule is CCCCCCCCCCCC(S)CCCCC(=O)O. The van der Waals surface area contributed by atoms with Gasteiger partial charge in [-0.1, -0.05) is 71.1 Å². The van der Waals surface area contributed by atoms with Crippen molar-refractivity contribution in [3.05, 3.63) is 0 Å². The summed E-state index contributed by atoms with van der Waals surface area (Å²) in [5.74, 6) is -0.681. The summed E-state index contributed by atoms with van der Waals surface area (Å²) in [7, 11) is 0. The van der Waals surface area contributed by atoms with Crippen LogP contribution in [0, 0.1) is 0 Å². The van der Waals surface area contributed by atoms with Crippen molar-refractivity contribution < 1.29 is 9.90 Å². The van der Waals surface area contributed by atoms with Crippen LogP contribution in [0.4, 0.5) is 0 Å². The summed E-state index contributed by atoms with van der Waals surface area (Å²) in [5.41, 5.74) is 0. The van der Waals surface area contributed by atoms with Gasteiger partial charge in [-0.05, 0) is 19.3 Å². The highest BCUT2D eigenvalue weighted by atomic mass is 32.1. The van der Waals surface area contributed by atoms with Crippen molar-refractivity contribution in [1.29, 1.82) is 0 Å². The van der Waals surface area contributed by atoms with Crippen LogP contribution in [0.3, 0.4) is 0 Å². The smallest absolute Gasteiger partial charge is 0.303 e. The molecule has 0 aromatic carbocycles. The first-order valence-electron chi connectivity index (χ1n) is 8.56. The molecule has 0 heterocycles. The van der Waals surface area contributed by atoms with Crippen LogP contribution in [0.5, 0.6) is 0 Å². The molecule has 0 aromatic heterocycles. The first kappa shape index (κ1) is 19.8. The number of aliphatic carboxylic acids is 1. The maximum atomic E-state index is 10.4. The molecule has 3 heteroatoms. The molecule has 0 saturated heterocycles. The lowest BCUT2D eigenvalue weighted by atomic mass is 10.0. The molecule has 2 nitrogen and oxygen atoms in total. The van der Waals surface area contributed by atoms with E-state index in [-0.39, 0.29) is 0 Å². The molecule has 0 aliphatic heterocycles. The number of rotatable bonds is 15. The Balaban J connectivity index is 3.15. The number of carbonyl (C=O) groups is 1. The summed E-state index contributed by atoms with van der Waals surface area (Å²) < 4.78 is 0. The predicted octanol–water partition coefficient (Wildman–Crippen LogP) is 5.85. The fourth-order valence-electron chi connectivity index (χ4n) is 2.49. The average Bonchev–Trinajstić information content (AvgIpc) is 2.41. The predicted molar refractivity (Wildman–Crippen MR) is 90.7 cm³/mol. The van der Waals surface area contributed by atoms with E-state index in [1.807, 2.05) is 0 Å². The van der Waals surface area contributed by atoms with E-state index in [1.165, 1.54) is 64.2 Å². The minimum atomic E-state index is -0.681. The van der Waals surface area contributed by atoms with E-state index < -0.39 is 5.97 Å². The van der Waals surface area contributed by atoms with Gasteiger partial charge < -0.3 is 5.11 Å². The van der Waals surface area contributed by atoms with E-state index in [4.69, 9.17) is 5.11 Å². The summed E-state index contributed by atoms with van der Waals surface area (Å²) in [4.78, 5) is 10.4. The Morgan fingerprint density at radius 1 is 0.850 bits per heavy atom. The molecule has 0 aromatic rings. The Kier molecular flexibility index (Phi) is 15.1. The van der Waals surface area contributed by atoms with E-state index in [1.54, 1.807) is 0 Å². The van der Waals surface area contributed by atoms with Crippen LogP contribution in [-0.2, 0) is 4.79 Å². The number of carboxylic acids is 1. The minimum Gasteiger partial charge on any atom is -0.481 e. The lowest BCUT2D eigenvalue weighted by Crippen LogP contribution is -2.00. The fraction of sp³-hybridized carbons (Fsp3) is 0.941. The lowest BCUT2D eigenvalue weighted by molar-refractivity contribution is -0.137. The van der Waals surface area contributed by atoms with Crippen LogP contribution in [0.15, 0.2) is 0 Å². The molecule has 0 aliphatic carbocycles. The van der Waals surface area contributed by atoms with E-state index in [9.17, 15) is 4.79 Å². The zero-order valence-corrected chi connectivity index (χ0v) is 14.2. The molecule has 1 N–H and O–H groups in total. The second-order valence-electron chi connectivity index (χ2n) is 5.91. The molecule has 0 spiro atoms. The van der Waals surface area contributed by atoms with E-state index in [2.05, 4.69) is 19.6 Å². The highest BCUT2D eigenvalue weighted by Gasteiger charge is 2.04. The number of carboxylic acid groups (broad SMARTS) is 1. The topological polar surface area (TPSA) is 37.3 Å². The van der Waals surface area contributed by atoms with Gasteiger partial charge in [0.25, 0.3) is 0 Å². The highest BCUT2D eigenvalue weighted by molar-refractivity contribution is 7.80. The third kappa shape index (κ3) is 15.9. The van der Waals surface area contributed by atoms with E-state index in [0.717, 1.165) is 19.3 Å². The van der Waals surface area contributed by atoms with Gasteiger partial charge in [-0.3, -0.25) is 4.79 Å². The van der Waals surface area contributed by atoms with Gasteiger partial charge in [-0.15, -0.1) is 0 Å². The van der Waals surface area contributed by atoms with Gasteiger partial charge in [-0.25, -0.2) is 0 Å². The molecule has 0 amide bonds. The number of hydrogen-bond acceptors (Lipinski definition) is 2. The zero-order chi connectivity index (χ0) is 15.1. The molecular weight excluding hydrogens is 268 g/mol. The van der Waals surface area contributed by atoms with Crippen molar-refractivity contribution in [2.75, 3.05) is 0 Å². The van der Waals surface area contributed by atoms with Gasteiger partial charge in [0.05, 0.1) is 0 Å². The number of hydrogen-bond donors (Lipinski definition) is 2. The van der Waals surface area contributed by atoms with Crippen molar-refractivity contribution in [3.8, 4) is 0 Å². The Labute approximate surface area is 131 Å². The highest BCUT2D eigenvalue weighted by Crippen LogP contribution is 2.17. The van der Waals surface area contributed by atoms with Crippen molar-refractivity contribution in [2.24, 2.45) is 0 Å². The Hall–Kier alpha value is -0.180. The molecule has 0 radical (unpaired) electrons. The quantitative estimate of drug-likeness (QED) is 0.294. The molecule has 0 saturated carbocycles. The summed E-state index contributed by atoms with van der Waals surface area (Å²) in [6, 6.07) is 0.